The van der Waals surface area contributed by atoms with E-state index in [1.807, 2.05) is 0 Å². The Kier molecular flexibility index (Phi) is 7.14. The standard InChI is InChI=1S/2C15H11.C5H12Si.2CH3.Hf/c2*1-2-6-12(7-3-1)14-10-4-8-13-9-5-11-15(13)14;1-3-4-5-6-2;;;/h2*1-11H;3-5H2,1-2H3;2*1H3;. The molecule has 0 N–H and O–H groups in total. The fourth-order valence-electron chi connectivity index (χ4n) is 7.52. The average molecular weight is 691 g/mol. The van der Waals surface area contributed by atoms with Crippen LogP contribution in [0.1, 0.15) is 49.4 Å². The summed E-state index contributed by atoms with van der Waals surface area (Å²) in [7, 11) is 0. The number of hydrogen-bond acceptors (Lipinski definition) is 0. The van der Waals surface area contributed by atoms with Gasteiger partial charge in [0.05, 0.1) is 0 Å². The third-order valence-electron chi connectivity index (χ3n) is 10.2. The first kappa shape index (κ1) is 26.7. The first-order chi connectivity index (χ1) is 18.9. The number of benzene rings is 4. The third kappa shape index (κ3) is 4.35. The van der Waals surface area contributed by atoms with Gasteiger partial charge in [-0.15, -0.1) is 0 Å². The van der Waals surface area contributed by atoms with Crippen LogP contribution >= 0.6 is 0 Å². The van der Waals surface area contributed by atoms with Crippen LogP contribution in [0.4, 0.5) is 0 Å². The van der Waals surface area contributed by atoms with Gasteiger partial charge < -0.3 is 0 Å². The van der Waals surface area contributed by atoms with Gasteiger partial charge in [-0.1, -0.05) is 0 Å². The van der Waals surface area contributed by atoms with E-state index in [0.717, 1.165) is 0 Å². The molecule has 0 fully saturated rings. The molecule has 2 aliphatic rings. The Morgan fingerprint density at radius 3 is 1.51 bits per heavy atom. The summed E-state index contributed by atoms with van der Waals surface area (Å²) >= 11 is -3.74. The van der Waals surface area contributed by atoms with Crippen LogP contribution in [0, 0.1) is 0 Å². The molecule has 196 valence electrons. The van der Waals surface area contributed by atoms with Gasteiger partial charge in [0.2, 0.25) is 0 Å². The normalized spacial score (nSPS) is 17.8. The van der Waals surface area contributed by atoms with Crippen molar-refractivity contribution < 1.29 is 17.1 Å². The van der Waals surface area contributed by atoms with Crippen LogP contribution in [0.25, 0.3) is 34.4 Å². The second-order valence-electron chi connectivity index (χ2n) is 12.5. The molecule has 2 unspecified atom stereocenters. The van der Waals surface area contributed by atoms with Crippen molar-refractivity contribution in [2.24, 2.45) is 0 Å². The minimum absolute atomic E-state index is 0.573. The molecule has 0 nitrogen and oxygen atoms in total. The van der Waals surface area contributed by atoms with E-state index in [9.17, 15) is 0 Å². The topological polar surface area (TPSA) is 0 Å². The van der Waals surface area contributed by atoms with Gasteiger partial charge >= 0.3 is 238 Å². The molecule has 4 aromatic rings. The van der Waals surface area contributed by atoms with Gasteiger partial charge in [-0.25, -0.2) is 0 Å². The van der Waals surface area contributed by atoms with E-state index >= 15 is 0 Å². The molecule has 0 spiro atoms. The summed E-state index contributed by atoms with van der Waals surface area (Å²) in [4.78, 5) is 0. The van der Waals surface area contributed by atoms with Gasteiger partial charge in [-0.05, 0) is 0 Å². The summed E-state index contributed by atoms with van der Waals surface area (Å²) in [6.07, 6.45) is 12.9. The van der Waals surface area contributed by atoms with Crippen LogP contribution in [0.15, 0.2) is 109 Å². The second-order valence-corrected chi connectivity index (χ2v) is 59.9. The summed E-state index contributed by atoms with van der Waals surface area (Å²) in [5.41, 5.74) is 11.0. The van der Waals surface area contributed by atoms with Crippen molar-refractivity contribution in [1.82, 2.24) is 0 Å². The number of rotatable bonds is 7. The molecule has 0 radical (unpaired) electrons. The first-order valence-electron chi connectivity index (χ1n) is 14.7. The molecule has 4 aromatic carbocycles. The zero-order valence-corrected chi connectivity index (χ0v) is 28.4. The number of fused-ring (bicyclic) bond motifs is 2. The summed E-state index contributed by atoms with van der Waals surface area (Å²) < 4.78 is 6.88. The van der Waals surface area contributed by atoms with Gasteiger partial charge in [0.1, 0.15) is 0 Å². The van der Waals surface area contributed by atoms with Crippen LogP contribution in [0.3, 0.4) is 0 Å². The van der Waals surface area contributed by atoms with Crippen molar-refractivity contribution in [2.45, 2.75) is 49.1 Å². The van der Waals surface area contributed by atoms with Crippen molar-refractivity contribution >= 4 is 17.6 Å². The molecular weight excluding hydrogens is 651 g/mol. The predicted octanol–water partition coefficient (Wildman–Crippen LogP) is 11.1. The number of unbranched alkanes of at least 4 members (excludes halogenated alkanes) is 1. The van der Waals surface area contributed by atoms with E-state index in [0.29, 0.717) is 7.35 Å². The molecule has 2 aliphatic carbocycles. The zero-order valence-electron chi connectivity index (χ0n) is 23.8. The van der Waals surface area contributed by atoms with E-state index in [4.69, 9.17) is 0 Å². The summed E-state index contributed by atoms with van der Waals surface area (Å²) in [6, 6.07) is 37.6. The molecule has 39 heavy (non-hydrogen) atoms. The molecule has 6 rings (SSSR count). The zero-order chi connectivity index (χ0) is 27.1. The van der Waals surface area contributed by atoms with Crippen LogP contribution in [0.2, 0.25) is 22.0 Å². The Balaban J connectivity index is 1.55. The maximum absolute atomic E-state index is 3.74. The Bertz CT molecular complexity index is 1540. The van der Waals surface area contributed by atoms with Crippen molar-refractivity contribution in [1.29, 1.82) is 0 Å². The minimum atomic E-state index is -3.74. The van der Waals surface area contributed by atoms with E-state index < -0.39 is 22.6 Å². The first-order valence-corrected chi connectivity index (χ1v) is 33.6. The molecule has 0 amide bonds. The maximum atomic E-state index is 2.86. The van der Waals surface area contributed by atoms with E-state index in [-0.39, 0.29) is 0 Å². The molecule has 0 aliphatic heterocycles. The van der Waals surface area contributed by atoms with E-state index in [2.05, 4.69) is 144 Å². The molecule has 2 heteroatoms. The van der Waals surface area contributed by atoms with E-state index in [1.54, 1.807) is 11.1 Å². The van der Waals surface area contributed by atoms with Crippen molar-refractivity contribution in [3.8, 4) is 22.3 Å². The van der Waals surface area contributed by atoms with E-state index in [1.165, 1.54) is 52.3 Å². The van der Waals surface area contributed by atoms with Crippen LogP contribution < -0.4 is 0 Å². The third-order valence-corrected chi connectivity index (χ3v) is 68.2. The van der Waals surface area contributed by atoms with Crippen molar-refractivity contribution in [3.63, 3.8) is 0 Å². The Hall–Kier alpha value is -2.55. The molecule has 0 saturated heterocycles. The van der Waals surface area contributed by atoms with Crippen LogP contribution in [-0.2, 0) is 17.1 Å². The summed E-state index contributed by atoms with van der Waals surface area (Å²) in [5, 5.41) is 0. The fraction of sp³-hybridized carbons (Fsp3) is 0.243. The van der Waals surface area contributed by atoms with Gasteiger partial charge in [-0.3, -0.25) is 0 Å². The second kappa shape index (κ2) is 10.4. The Labute approximate surface area is 236 Å². The predicted molar refractivity (Wildman–Crippen MR) is 170 cm³/mol. The molecule has 0 bridgehead atoms. The number of hydrogen-bond donors (Lipinski definition) is 0. The summed E-state index contributed by atoms with van der Waals surface area (Å²) in [6.45, 7) is 5.08. The molecular formula is C37H40HfSi. The number of allylic oxidation sites excluding steroid dienone is 2. The van der Waals surface area contributed by atoms with Crippen LogP contribution in [-0.4, -0.2) is 5.49 Å². The van der Waals surface area contributed by atoms with Gasteiger partial charge in [0.25, 0.3) is 0 Å². The molecule has 2 atom stereocenters. The van der Waals surface area contributed by atoms with Gasteiger partial charge in [0, 0.05) is 0 Å². The average Bonchev–Trinajstić information content (AvgIpc) is 3.63. The SMILES string of the molecule is CCCC[Si](C)=[Hf]([CH3])([CH3])([CH]1C=Cc2c(-c3ccccc3)cccc21)[CH]1C=Cc2c(-c3ccccc3)cccc21. The van der Waals surface area contributed by atoms with Crippen molar-refractivity contribution in [3.05, 3.63) is 131 Å². The molecule has 0 saturated carbocycles. The Morgan fingerprint density at radius 2 is 1.08 bits per heavy atom. The quantitative estimate of drug-likeness (QED) is 0.169. The molecule has 0 heterocycles. The van der Waals surface area contributed by atoms with Crippen molar-refractivity contribution in [2.75, 3.05) is 0 Å². The fourth-order valence-corrected chi connectivity index (χ4v) is 51.2. The van der Waals surface area contributed by atoms with Crippen LogP contribution in [0.5, 0.6) is 0 Å². The monoisotopic (exact) mass is 692 g/mol. The van der Waals surface area contributed by atoms with Gasteiger partial charge in [0.15, 0.2) is 0 Å². The summed E-state index contributed by atoms with van der Waals surface area (Å²) in [5.74, 6) is 0. The Morgan fingerprint density at radius 1 is 0.615 bits per heavy atom. The molecule has 0 aromatic heterocycles. The van der Waals surface area contributed by atoms with Gasteiger partial charge in [-0.2, -0.15) is 0 Å².